The van der Waals surface area contributed by atoms with E-state index in [9.17, 15) is 9.18 Å². The zero-order chi connectivity index (χ0) is 16.1. The number of anilines is 2. The molecule has 0 unspecified atom stereocenters. The number of benzene rings is 1. The van der Waals surface area contributed by atoms with E-state index >= 15 is 0 Å². The molecule has 1 aromatic carbocycles. The summed E-state index contributed by atoms with van der Waals surface area (Å²) in [6.45, 7) is 2.12. The Morgan fingerprint density at radius 3 is 2.70 bits per heavy atom. The molecule has 3 rings (SSSR count). The average molecular weight is 313 g/mol. The minimum Gasteiger partial charge on any atom is -0.370 e. The van der Waals surface area contributed by atoms with Crippen molar-refractivity contribution in [1.82, 2.24) is 4.98 Å². The van der Waals surface area contributed by atoms with Crippen molar-refractivity contribution in [2.45, 2.75) is 25.7 Å². The number of halogens is 1. The van der Waals surface area contributed by atoms with E-state index in [0.717, 1.165) is 18.8 Å². The van der Waals surface area contributed by atoms with Gasteiger partial charge in [0.25, 0.3) is 0 Å². The molecule has 1 aromatic heterocycles. The smallest absolute Gasteiger partial charge is 0.229 e. The highest BCUT2D eigenvalue weighted by Crippen LogP contribution is 2.20. The summed E-state index contributed by atoms with van der Waals surface area (Å²) in [5.74, 6) is -0.0136. The van der Waals surface area contributed by atoms with Crippen LogP contribution in [0.25, 0.3) is 0 Å². The van der Waals surface area contributed by atoms with Crippen LogP contribution in [0.5, 0.6) is 0 Å². The zero-order valence-electron chi connectivity index (χ0n) is 13.0. The van der Waals surface area contributed by atoms with Crippen molar-refractivity contribution in [3.05, 3.63) is 54.0 Å². The third-order valence-electron chi connectivity index (χ3n) is 3.99. The quantitative estimate of drug-likeness (QED) is 0.941. The molecule has 1 aliphatic rings. The third-order valence-corrected chi connectivity index (χ3v) is 3.99. The molecular formula is C18H20FN3O. The molecule has 23 heavy (non-hydrogen) atoms. The maximum Gasteiger partial charge on any atom is 0.229 e. The predicted molar refractivity (Wildman–Crippen MR) is 89.0 cm³/mol. The van der Waals surface area contributed by atoms with Gasteiger partial charge in [-0.05, 0) is 49.1 Å². The van der Waals surface area contributed by atoms with Gasteiger partial charge >= 0.3 is 0 Å². The summed E-state index contributed by atoms with van der Waals surface area (Å²) in [7, 11) is 0. The van der Waals surface area contributed by atoms with Gasteiger partial charge in [-0.15, -0.1) is 0 Å². The summed E-state index contributed by atoms with van der Waals surface area (Å²) in [6.07, 6.45) is 5.65. The maximum atomic E-state index is 13.1. The van der Waals surface area contributed by atoms with Crippen LogP contribution in [-0.4, -0.2) is 24.0 Å². The Morgan fingerprint density at radius 2 is 2.00 bits per heavy atom. The average Bonchev–Trinajstić information content (AvgIpc) is 2.56. The van der Waals surface area contributed by atoms with Gasteiger partial charge < -0.3 is 10.2 Å². The normalized spacial score (nSPS) is 14.6. The molecule has 4 nitrogen and oxygen atoms in total. The molecule has 0 radical (unpaired) electrons. The Labute approximate surface area is 135 Å². The highest BCUT2D eigenvalue weighted by Gasteiger charge is 2.11. The highest BCUT2D eigenvalue weighted by atomic mass is 19.1. The molecule has 1 N–H and O–H groups in total. The second kappa shape index (κ2) is 7.22. The van der Waals surface area contributed by atoms with Crippen molar-refractivity contribution < 1.29 is 9.18 Å². The molecule has 0 spiro atoms. The molecule has 0 bridgehead atoms. The van der Waals surface area contributed by atoms with Gasteiger partial charge in [0.2, 0.25) is 5.91 Å². The number of aromatic nitrogens is 1. The highest BCUT2D eigenvalue weighted by molar-refractivity contribution is 5.91. The second-order valence-electron chi connectivity index (χ2n) is 5.80. The molecule has 0 aliphatic carbocycles. The third kappa shape index (κ3) is 4.28. The number of carbonyl (C=O) groups excluding carboxylic acids is 1. The predicted octanol–water partition coefficient (Wildman–Crippen LogP) is 3.39. The van der Waals surface area contributed by atoms with Gasteiger partial charge in [0.15, 0.2) is 0 Å². The summed E-state index contributed by atoms with van der Waals surface area (Å²) in [5, 5.41) is 2.75. The van der Waals surface area contributed by atoms with Crippen LogP contribution in [-0.2, 0) is 11.2 Å². The van der Waals surface area contributed by atoms with Crippen LogP contribution in [0.15, 0.2) is 42.6 Å². The number of carbonyl (C=O) groups is 1. The number of hydrogen-bond acceptors (Lipinski definition) is 3. The molecule has 120 valence electrons. The SMILES string of the molecule is O=C(Cc1cccc(F)c1)Nc1ccc(N2CCCCC2)cn1. The summed E-state index contributed by atoms with van der Waals surface area (Å²) in [4.78, 5) is 18.6. The lowest BCUT2D eigenvalue weighted by Crippen LogP contribution is -2.29. The van der Waals surface area contributed by atoms with Gasteiger partial charge in [-0.1, -0.05) is 12.1 Å². The second-order valence-corrected chi connectivity index (χ2v) is 5.80. The lowest BCUT2D eigenvalue weighted by molar-refractivity contribution is -0.115. The van der Waals surface area contributed by atoms with Crippen LogP contribution in [0.3, 0.4) is 0 Å². The fourth-order valence-electron chi connectivity index (χ4n) is 2.82. The van der Waals surface area contributed by atoms with Gasteiger partial charge in [0.05, 0.1) is 18.3 Å². The summed E-state index contributed by atoms with van der Waals surface area (Å²) < 4.78 is 13.1. The Balaban J connectivity index is 1.58. The van der Waals surface area contributed by atoms with Crippen LogP contribution in [0, 0.1) is 5.82 Å². The van der Waals surface area contributed by atoms with E-state index in [1.165, 1.54) is 31.4 Å². The molecule has 1 saturated heterocycles. The van der Waals surface area contributed by atoms with Crippen LogP contribution in [0.2, 0.25) is 0 Å². The monoisotopic (exact) mass is 313 g/mol. The molecule has 0 atom stereocenters. The molecular weight excluding hydrogens is 293 g/mol. The van der Waals surface area contributed by atoms with Crippen LogP contribution < -0.4 is 10.2 Å². The number of nitrogens with zero attached hydrogens (tertiary/aromatic N) is 2. The number of hydrogen-bond donors (Lipinski definition) is 1. The molecule has 1 amide bonds. The first-order valence-electron chi connectivity index (χ1n) is 7.96. The van der Waals surface area contributed by atoms with Gasteiger partial charge in [-0.3, -0.25) is 4.79 Å². The number of piperidine rings is 1. The Hall–Kier alpha value is -2.43. The largest absolute Gasteiger partial charge is 0.370 e. The topological polar surface area (TPSA) is 45.2 Å². The lowest BCUT2D eigenvalue weighted by Gasteiger charge is -2.28. The Kier molecular flexibility index (Phi) is 4.86. The van der Waals surface area contributed by atoms with Gasteiger partial charge in [-0.2, -0.15) is 0 Å². The van der Waals surface area contributed by atoms with Crippen molar-refractivity contribution in [3.63, 3.8) is 0 Å². The van der Waals surface area contributed by atoms with E-state index in [2.05, 4.69) is 15.2 Å². The van der Waals surface area contributed by atoms with Crippen LogP contribution in [0.1, 0.15) is 24.8 Å². The molecule has 2 aromatic rings. The number of nitrogens with one attached hydrogen (secondary N) is 1. The van der Waals surface area contributed by atoms with E-state index in [4.69, 9.17) is 0 Å². The minimum absolute atomic E-state index is 0.132. The van der Waals surface area contributed by atoms with E-state index in [0.29, 0.717) is 11.4 Å². The van der Waals surface area contributed by atoms with E-state index in [1.807, 2.05) is 12.1 Å². The summed E-state index contributed by atoms with van der Waals surface area (Å²) in [5.41, 5.74) is 1.74. The summed E-state index contributed by atoms with van der Waals surface area (Å²) in [6, 6.07) is 9.86. The van der Waals surface area contributed by atoms with Crippen LogP contribution in [0.4, 0.5) is 15.9 Å². The molecule has 0 saturated carbocycles. The van der Waals surface area contributed by atoms with Crippen molar-refractivity contribution >= 4 is 17.4 Å². The first-order chi connectivity index (χ1) is 11.2. The zero-order valence-corrected chi connectivity index (χ0v) is 13.0. The van der Waals surface area contributed by atoms with E-state index in [-0.39, 0.29) is 18.1 Å². The van der Waals surface area contributed by atoms with Gasteiger partial charge in [0, 0.05) is 13.1 Å². The fourth-order valence-corrected chi connectivity index (χ4v) is 2.82. The van der Waals surface area contributed by atoms with E-state index in [1.54, 1.807) is 18.3 Å². The standard InChI is InChI=1S/C18H20FN3O/c19-15-6-4-5-14(11-15)12-18(23)21-17-8-7-16(13-20-17)22-9-2-1-3-10-22/h4-8,11,13H,1-3,9-10,12H2,(H,20,21,23). The Bertz CT molecular complexity index is 666. The minimum atomic E-state index is -0.334. The first-order valence-corrected chi connectivity index (χ1v) is 7.96. The van der Waals surface area contributed by atoms with Crippen molar-refractivity contribution in [3.8, 4) is 0 Å². The summed E-state index contributed by atoms with van der Waals surface area (Å²) >= 11 is 0. The molecule has 1 fully saturated rings. The number of pyridine rings is 1. The number of amides is 1. The fraction of sp³-hybridized carbons (Fsp3) is 0.333. The molecule has 1 aliphatic heterocycles. The maximum absolute atomic E-state index is 13.1. The van der Waals surface area contributed by atoms with E-state index < -0.39 is 0 Å². The van der Waals surface area contributed by atoms with Crippen molar-refractivity contribution in [2.75, 3.05) is 23.3 Å². The van der Waals surface area contributed by atoms with Crippen LogP contribution >= 0.6 is 0 Å². The van der Waals surface area contributed by atoms with Gasteiger partial charge in [0.1, 0.15) is 11.6 Å². The van der Waals surface area contributed by atoms with Crippen molar-refractivity contribution in [1.29, 1.82) is 0 Å². The first kappa shape index (κ1) is 15.5. The van der Waals surface area contributed by atoms with Crippen molar-refractivity contribution in [2.24, 2.45) is 0 Å². The lowest BCUT2D eigenvalue weighted by atomic mass is 10.1. The Morgan fingerprint density at radius 1 is 1.17 bits per heavy atom. The number of rotatable bonds is 4. The molecule has 2 heterocycles. The van der Waals surface area contributed by atoms with Gasteiger partial charge in [-0.25, -0.2) is 9.37 Å². The molecule has 5 heteroatoms.